The molecule has 0 aromatic heterocycles. The van der Waals surface area contributed by atoms with Crippen molar-refractivity contribution in [3.8, 4) is 11.5 Å². The number of ether oxygens (including phenoxy) is 2. The molecule has 1 fully saturated rings. The van der Waals surface area contributed by atoms with E-state index in [9.17, 15) is 4.79 Å². The Hall–Kier alpha value is -3.29. The molecule has 0 radical (unpaired) electrons. The van der Waals surface area contributed by atoms with E-state index in [4.69, 9.17) is 21.7 Å². The standard InChI is InChI=1S/C26H24N2O3S2/c1-27(2)20-10-12-21(13-11-20)28-25(29)24(33-26(28)32)18-19-8-14-23(15-9-19)31-17-16-30-22-6-4-3-5-7-22/h3-15,18H,16-17H2,1-2H3/b24-18+. The summed E-state index contributed by atoms with van der Waals surface area (Å²) in [5, 5.41) is 0. The van der Waals surface area contributed by atoms with Crippen LogP contribution in [0.25, 0.3) is 6.08 Å². The summed E-state index contributed by atoms with van der Waals surface area (Å²) in [5.41, 5.74) is 2.74. The molecule has 1 aliphatic rings. The number of hydrogen-bond donors (Lipinski definition) is 0. The van der Waals surface area contributed by atoms with Gasteiger partial charge in [0, 0.05) is 19.8 Å². The first-order valence-corrected chi connectivity index (χ1v) is 11.7. The lowest BCUT2D eigenvalue weighted by atomic mass is 10.2. The first-order valence-electron chi connectivity index (χ1n) is 10.5. The van der Waals surface area contributed by atoms with E-state index in [1.807, 2.05) is 104 Å². The Bertz CT molecular complexity index is 1140. The number of para-hydroxylation sites is 1. The highest BCUT2D eigenvalue weighted by molar-refractivity contribution is 8.27. The minimum absolute atomic E-state index is 0.110. The molecule has 4 rings (SSSR count). The van der Waals surface area contributed by atoms with Gasteiger partial charge in [0.05, 0.1) is 10.6 Å². The number of carbonyl (C=O) groups is 1. The third-order valence-electron chi connectivity index (χ3n) is 4.96. The number of anilines is 2. The van der Waals surface area contributed by atoms with Crippen molar-refractivity contribution >= 4 is 51.7 Å². The van der Waals surface area contributed by atoms with Crippen LogP contribution in [0.1, 0.15) is 5.56 Å². The lowest BCUT2D eigenvalue weighted by molar-refractivity contribution is -0.113. The number of hydrogen-bond acceptors (Lipinski definition) is 6. The molecule has 0 spiro atoms. The van der Waals surface area contributed by atoms with E-state index in [1.165, 1.54) is 11.8 Å². The van der Waals surface area contributed by atoms with E-state index in [0.29, 0.717) is 22.4 Å². The highest BCUT2D eigenvalue weighted by Gasteiger charge is 2.33. The Labute approximate surface area is 203 Å². The largest absolute Gasteiger partial charge is 0.490 e. The lowest BCUT2D eigenvalue weighted by Gasteiger charge is -2.17. The maximum absolute atomic E-state index is 13.0. The van der Waals surface area contributed by atoms with Crippen molar-refractivity contribution in [1.29, 1.82) is 0 Å². The predicted molar refractivity (Wildman–Crippen MR) is 140 cm³/mol. The van der Waals surface area contributed by atoms with Crippen molar-refractivity contribution in [1.82, 2.24) is 0 Å². The second-order valence-electron chi connectivity index (χ2n) is 7.51. The van der Waals surface area contributed by atoms with Crippen LogP contribution in [0.5, 0.6) is 11.5 Å². The van der Waals surface area contributed by atoms with E-state index in [0.717, 1.165) is 28.4 Å². The number of thiocarbonyl (C=S) groups is 1. The summed E-state index contributed by atoms with van der Waals surface area (Å²) < 4.78 is 11.9. The summed E-state index contributed by atoms with van der Waals surface area (Å²) in [5.74, 6) is 1.46. The normalized spacial score (nSPS) is 14.6. The third-order valence-corrected chi connectivity index (χ3v) is 6.26. The number of rotatable bonds is 8. The van der Waals surface area contributed by atoms with Gasteiger partial charge >= 0.3 is 0 Å². The minimum Gasteiger partial charge on any atom is -0.490 e. The van der Waals surface area contributed by atoms with Crippen molar-refractivity contribution in [2.24, 2.45) is 0 Å². The summed E-state index contributed by atoms with van der Waals surface area (Å²) in [4.78, 5) is 17.2. The zero-order valence-corrected chi connectivity index (χ0v) is 20.1. The number of nitrogens with zero attached hydrogens (tertiary/aromatic N) is 2. The van der Waals surface area contributed by atoms with Crippen LogP contribution in [-0.4, -0.2) is 37.5 Å². The molecule has 1 amide bonds. The Kier molecular flexibility index (Phi) is 7.32. The molecule has 3 aromatic rings. The Balaban J connectivity index is 1.35. The van der Waals surface area contributed by atoms with E-state index in [-0.39, 0.29) is 5.91 Å². The topological polar surface area (TPSA) is 42.0 Å². The average Bonchev–Trinajstić information content (AvgIpc) is 3.11. The first-order chi connectivity index (χ1) is 16.0. The zero-order chi connectivity index (χ0) is 23.2. The molecule has 1 saturated heterocycles. The molecular formula is C26H24N2O3S2. The summed E-state index contributed by atoms with van der Waals surface area (Å²) in [6.45, 7) is 0.906. The quantitative estimate of drug-likeness (QED) is 0.239. The molecule has 0 saturated carbocycles. The smallest absolute Gasteiger partial charge is 0.270 e. The van der Waals surface area contributed by atoms with Gasteiger partial charge < -0.3 is 14.4 Å². The second kappa shape index (κ2) is 10.6. The van der Waals surface area contributed by atoms with Crippen molar-refractivity contribution in [3.63, 3.8) is 0 Å². The molecule has 1 aliphatic heterocycles. The van der Waals surface area contributed by atoms with Crippen molar-refractivity contribution in [2.75, 3.05) is 37.1 Å². The van der Waals surface area contributed by atoms with Gasteiger partial charge in [-0.3, -0.25) is 9.69 Å². The fourth-order valence-corrected chi connectivity index (χ4v) is 4.54. The van der Waals surface area contributed by atoms with Gasteiger partial charge in [0.25, 0.3) is 5.91 Å². The monoisotopic (exact) mass is 476 g/mol. The van der Waals surface area contributed by atoms with Gasteiger partial charge in [-0.05, 0) is 60.2 Å². The summed E-state index contributed by atoms with van der Waals surface area (Å²) in [6.07, 6.45) is 1.86. The average molecular weight is 477 g/mol. The highest BCUT2D eigenvalue weighted by atomic mass is 32.2. The van der Waals surface area contributed by atoms with Crippen molar-refractivity contribution < 1.29 is 14.3 Å². The Morgan fingerprint density at radius 3 is 2.09 bits per heavy atom. The van der Waals surface area contributed by atoms with Crippen LogP contribution in [-0.2, 0) is 4.79 Å². The number of benzene rings is 3. The molecular weight excluding hydrogens is 452 g/mol. The number of amides is 1. The van der Waals surface area contributed by atoms with Crippen LogP contribution in [0, 0.1) is 0 Å². The van der Waals surface area contributed by atoms with Crippen LogP contribution < -0.4 is 19.3 Å². The summed E-state index contributed by atoms with van der Waals surface area (Å²) >= 11 is 6.79. The minimum atomic E-state index is -0.110. The molecule has 7 heteroatoms. The summed E-state index contributed by atoms with van der Waals surface area (Å²) in [6, 6.07) is 25.0. The first kappa shape index (κ1) is 22.9. The fourth-order valence-electron chi connectivity index (χ4n) is 3.24. The van der Waals surface area contributed by atoms with Gasteiger partial charge in [0.2, 0.25) is 0 Å². The van der Waals surface area contributed by atoms with E-state index in [2.05, 4.69) is 0 Å². The van der Waals surface area contributed by atoms with Crippen molar-refractivity contribution in [2.45, 2.75) is 0 Å². The second-order valence-corrected chi connectivity index (χ2v) is 9.18. The van der Waals surface area contributed by atoms with Gasteiger partial charge in [-0.2, -0.15) is 0 Å². The molecule has 168 valence electrons. The lowest BCUT2D eigenvalue weighted by Crippen LogP contribution is -2.27. The van der Waals surface area contributed by atoms with Crippen LogP contribution in [0.2, 0.25) is 0 Å². The number of thioether (sulfide) groups is 1. The predicted octanol–water partition coefficient (Wildman–Crippen LogP) is 5.62. The SMILES string of the molecule is CN(C)c1ccc(N2C(=O)/C(=C\c3ccc(OCCOc4ccccc4)cc3)SC2=S)cc1. The molecule has 1 heterocycles. The molecule has 0 bridgehead atoms. The van der Waals surface area contributed by atoms with Crippen molar-refractivity contribution in [3.05, 3.63) is 89.3 Å². The highest BCUT2D eigenvalue weighted by Crippen LogP contribution is 2.36. The van der Waals surface area contributed by atoms with Gasteiger partial charge in [0.1, 0.15) is 24.7 Å². The molecule has 0 N–H and O–H groups in total. The maximum Gasteiger partial charge on any atom is 0.270 e. The maximum atomic E-state index is 13.0. The van der Waals surface area contributed by atoms with E-state index < -0.39 is 0 Å². The number of carbonyl (C=O) groups excluding carboxylic acids is 1. The van der Waals surface area contributed by atoms with E-state index in [1.54, 1.807) is 4.90 Å². The molecule has 0 atom stereocenters. The van der Waals surface area contributed by atoms with E-state index >= 15 is 0 Å². The van der Waals surface area contributed by atoms with Crippen LogP contribution >= 0.6 is 24.0 Å². The third kappa shape index (κ3) is 5.74. The van der Waals surface area contributed by atoms with Gasteiger partial charge in [-0.15, -0.1) is 0 Å². The van der Waals surface area contributed by atoms with Crippen LogP contribution in [0.3, 0.4) is 0 Å². The molecule has 0 aliphatic carbocycles. The van der Waals surface area contributed by atoms with Crippen LogP contribution in [0.15, 0.2) is 83.8 Å². The Morgan fingerprint density at radius 1 is 0.879 bits per heavy atom. The van der Waals surface area contributed by atoms with Crippen LogP contribution in [0.4, 0.5) is 11.4 Å². The summed E-state index contributed by atoms with van der Waals surface area (Å²) in [7, 11) is 3.96. The Morgan fingerprint density at radius 2 is 1.48 bits per heavy atom. The van der Waals surface area contributed by atoms with Gasteiger partial charge in [0.15, 0.2) is 4.32 Å². The molecule has 33 heavy (non-hydrogen) atoms. The fraction of sp³-hybridized carbons (Fsp3) is 0.154. The molecule has 5 nitrogen and oxygen atoms in total. The molecule has 3 aromatic carbocycles. The molecule has 0 unspecified atom stereocenters. The van der Waals surface area contributed by atoms with Gasteiger partial charge in [-0.25, -0.2) is 0 Å². The van der Waals surface area contributed by atoms with Gasteiger partial charge in [-0.1, -0.05) is 54.3 Å². The zero-order valence-electron chi connectivity index (χ0n) is 18.4.